The molecule has 7 heteroatoms. The summed E-state index contributed by atoms with van der Waals surface area (Å²) in [6.45, 7) is 1.24. The predicted molar refractivity (Wildman–Crippen MR) is 58.7 cm³/mol. The number of ether oxygens (including phenoxy) is 2. The molecule has 0 aromatic heterocycles. The molecular formula is C9H19NO5S. The maximum absolute atomic E-state index is 11.9. The first-order valence-corrected chi connectivity index (χ1v) is 6.90. The molecule has 1 fully saturated rings. The van der Waals surface area contributed by atoms with Gasteiger partial charge in [-0.15, -0.1) is 0 Å². The van der Waals surface area contributed by atoms with E-state index in [1.165, 1.54) is 4.31 Å². The van der Waals surface area contributed by atoms with Crippen LogP contribution in [-0.2, 0) is 19.5 Å². The topological polar surface area (TPSA) is 76.1 Å². The third-order valence-electron chi connectivity index (χ3n) is 2.45. The smallest absolute Gasteiger partial charge is 0.214 e. The summed E-state index contributed by atoms with van der Waals surface area (Å²) in [5.41, 5.74) is 0. The van der Waals surface area contributed by atoms with Crippen LogP contribution in [0.5, 0.6) is 0 Å². The fraction of sp³-hybridized carbons (Fsp3) is 1.00. The van der Waals surface area contributed by atoms with Crippen molar-refractivity contribution in [1.29, 1.82) is 0 Å². The van der Waals surface area contributed by atoms with Crippen LogP contribution in [0.15, 0.2) is 0 Å². The van der Waals surface area contributed by atoms with Crippen LogP contribution in [0.1, 0.15) is 6.42 Å². The number of aliphatic hydroxyl groups is 1. The lowest BCUT2D eigenvalue weighted by Crippen LogP contribution is -2.47. The van der Waals surface area contributed by atoms with Crippen molar-refractivity contribution in [3.63, 3.8) is 0 Å². The molecule has 0 aromatic carbocycles. The Morgan fingerprint density at radius 3 is 2.94 bits per heavy atom. The van der Waals surface area contributed by atoms with Crippen molar-refractivity contribution in [2.45, 2.75) is 12.5 Å². The Bertz CT molecular complexity index is 292. The lowest BCUT2D eigenvalue weighted by atomic mass is 10.3. The normalized spacial score (nSPS) is 23.5. The Labute approximate surface area is 96.2 Å². The Hall–Kier alpha value is -0.210. The Kier molecular flexibility index (Phi) is 5.63. The molecule has 1 unspecified atom stereocenters. The van der Waals surface area contributed by atoms with Crippen LogP contribution < -0.4 is 0 Å². The molecule has 0 spiro atoms. The van der Waals surface area contributed by atoms with Gasteiger partial charge >= 0.3 is 0 Å². The molecule has 6 nitrogen and oxygen atoms in total. The summed E-state index contributed by atoms with van der Waals surface area (Å²) in [6.07, 6.45) is 0.0888. The molecule has 1 saturated heterocycles. The summed E-state index contributed by atoms with van der Waals surface area (Å²) in [5.74, 6) is 0.0823. The quantitative estimate of drug-likeness (QED) is 0.617. The highest BCUT2D eigenvalue weighted by atomic mass is 32.2. The lowest BCUT2D eigenvalue weighted by Gasteiger charge is -2.31. The van der Waals surface area contributed by atoms with E-state index in [0.717, 1.165) is 0 Å². The second-order valence-electron chi connectivity index (χ2n) is 3.70. The molecule has 1 heterocycles. The van der Waals surface area contributed by atoms with Gasteiger partial charge in [-0.05, 0) is 6.42 Å². The SMILES string of the molecule is COCCCS(=O)(=O)N1CCOC(CO)C1. The zero-order valence-electron chi connectivity index (χ0n) is 9.46. The first-order chi connectivity index (χ1) is 7.60. The standard InChI is InChI=1S/C9H19NO5S/c1-14-4-2-6-16(12,13)10-3-5-15-9(7-10)8-11/h9,11H,2-8H2,1H3. The van der Waals surface area contributed by atoms with E-state index >= 15 is 0 Å². The zero-order chi connectivity index (χ0) is 12.0. The summed E-state index contributed by atoms with van der Waals surface area (Å²) in [4.78, 5) is 0. The van der Waals surface area contributed by atoms with Crippen molar-refractivity contribution in [2.75, 3.05) is 45.8 Å². The molecule has 1 aliphatic rings. The average molecular weight is 253 g/mol. The fourth-order valence-corrected chi connectivity index (χ4v) is 3.06. The van der Waals surface area contributed by atoms with E-state index in [4.69, 9.17) is 14.6 Å². The van der Waals surface area contributed by atoms with E-state index in [0.29, 0.717) is 26.2 Å². The largest absolute Gasteiger partial charge is 0.394 e. The third kappa shape index (κ3) is 3.99. The molecule has 1 N–H and O–H groups in total. The minimum Gasteiger partial charge on any atom is -0.394 e. The Balaban J connectivity index is 2.47. The molecule has 0 aliphatic carbocycles. The number of morpholine rings is 1. The van der Waals surface area contributed by atoms with Gasteiger partial charge in [0.05, 0.1) is 25.1 Å². The summed E-state index contributed by atoms with van der Waals surface area (Å²) < 4.78 is 35.1. The van der Waals surface area contributed by atoms with E-state index in [1.807, 2.05) is 0 Å². The van der Waals surface area contributed by atoms with E-state index < -0.39 is 16.1 Å². The Morgan fingerprint density at radius 1 is 1.56 bits per heavy atom. The second-order valence-corrected chi connectivity index (χ2v) is 5.78. The van der Waals surface area contributed by atoms with Gasteiger partial charge in [-0.3, -0.25) is 0 Å². The average Bonchev–Trinajstić information content (AvgIpc) is 2.29. The number of hydrogen-bond acceptors (Lipinski definition) is 5. The third-order valence-corrected chi connectivity index (χ3v) is 4.37. The molecule has 1 rings (SSSR count). The highest BCUT2D eigenvalue weighted by molar-refractivity contribution is 7.89. The van der Waals surface area contributed by atoms with Crippen LogP contribution in [-0.4, -0.2) is 69.7 Å². The molecule has 16 heavy (non-hydrogen) atoms. The molecule has 0 bridgehead atoms. The molecule has 96 valence electrons. The van der Waals surface area contributed by atoms with Crippen molar-refractivity contribution in [2.24, 2.45) is 0 Å². The van der Waals surface area contributed by atoms with Crippen LogP contribution in [0.25, 0.3) is 0 Å². The van der Waals surface area contributed by atoms with E-state index in [-0.39, 0.29) is 18.9 Å². The first-order valence-electron chi connectivity index (χ1n) is 5.29. The summed E-state index contributed by atoms with van der Waals surface area (Å²) >= 11 is 0. The van der Waals surface area contributed by atoms with Gasteiger partial charge in [0.2, 0.25) is 10.0 Å². The minimum atomic E-state index is -3.24. The molecular weight excluding hydrogens is 234 g/mol. The zero-order valence-corrected chi connectivity index (χ0v) is 10.3. The molecule has 0 saturated carbocycles. The van der Waals surface area contributed by atoms with Gasteiger partial charge in [0.25, 0.3) is 0 Å². The fourth-order valence-electron chi connectivity index (χ4n) is 1.57. The molecule has 0 aromatic rings. The van der Waals surface area contributed by atoms with Gasteiger partial charge in [0, 0.05) is 26.8 Å². The maximum Gasteiger partial charge on any atom is 0.214 e. The number of methoxy groups -OCH3 is 1. The number of sulfonamides is 1. The highest BCUT2D eigenvalue weighted by Gasteiger charge is 2.28. The first kappa shape index (κ1) is 13.9. The maximum atomic E-state index is 11.9. The van der Waals surface area contributed by atoms with E-state index in [1.54, 1.807) is 7.11 Å². The van der Waals surface area contributed by atoms with Gasteiger partial charge in [0.15, 0.2) is 0 Å². The van der Waals surface area contributed by atoms with Crippen LogP contribution in [0, 0.1) is 0 Å². The summed E-state index contributed by atoms with van der Waals surface area (Å²) in [6, 6.07) is 0. The summed E-state index contributed by atoms with van der Waals surface area (Å²) in [5, 5.41) is 8.92. The molecule has 0 amide bonds. The van der Waals surface area contributed by atoms with Crippen LogP contribution >= 0.6 is 0 Å². The number of hydrogen-bond donors (Lipinski definition) is 1. The van der Waals surface area contributed by atoms with Gasteiger partial charge < -0.3 is 14.6 Å². The molecule has 1 aliphatic heterocycles. The van der Waals surface area contributed by atoms with Gasteiger partial charge in [0.1, 0.15) is 0 Å². The van der Waals surface area contributed by atoms with Gasteiger partial charge in [-0.1, -0.05) is 0 Å². The van der Waals surface area contributed by atoms with Gasteiger partial charge in [-0.2, -0.15) is 4.31 Å². The van der Waals surface area contributed by atoms with Gasteiger partial charge in [-0.25, -0.2) is 8.42 Å². The highest BCUT2D eigenvalue weighted by Crippen LogP contribution is 2.11. The summed E-state index contributed by atoms with van der Waals surface area (Å²) in [7, 11) is -1.69. The van der Waals surface area contributed by atoms with Crippen LogP contribution in [0.4, 0.5) is 0 Å². The van der Waals surface area contributed by atoms with Crippen molar-refractivity contribution in [3.05, 3.63) is 0 Å². The van der Waals surface area contributed by atoms with Crippen LogP contribution in [0.2, 0.25) is 0 Å². The molecule has 1 atom stereocenters. The number of rotatable bonds is 6. The molecule has 0 radical (unpaired) electrons. The van der Waals surface area contributed by atoms with Crippen molar-refractivity contribution in [3.8, 4) is 0 Å². The van der Waals surface area contributed by atoms with Crippen molar-refractivity contribution < 1.29 is 23.0 Å². The minimum absolute atomic E-state index is 0.0823. The number of aliphatic hydroxyl groups excluding tert-OH is 1. The monoisotopic (exact) mass is 253 g/mol. The van der Waals surface area contributed by atoms with Crippen molar-refractivity contribution in [1.82, 2.24) is 4.31 Å². The lowest BCUT2D eigenvalue weighted by molar-refractivity contribution is -0.0304. The second kappa shape index (κ2) is 6.51. The van der Waals surface area contributed by atoms with Crippen molar-refractivity contribution >= 4 is 10.0 Å². The number of nitrogens with zero attached hydrogens (tertiary/aromatic N) is 1. The van der Waals surface area contributed by atoms with E-state index in [2.05, 4.69) is 0 Å². The van der Waals surface area contributed by atoms with E-state index in [9.17, 15) is 8.42 Å². The van der Waals surface area contributed by atoms with Crippen LogP contribution in [0.3, 0.4) is 0 Å². The Morgan fingerprint density at radius 2 is 2.31 bits per heavy atom. The predicted octanol–water partition coefficient (Wildman–Crippen LogP) is -0.954.